The Labute approximate surface area is 109 Å². The van der Waals surface area contributed by atoms with Gasteiger partial charge < -0.3 is 15.3 Å². The van der Waals surface area contributed by atoms with Gasteiger partial charge in [0.2, 0.25) is 0 Å². The van der Waals surface area contributed by atoms with E-state index in [9.17, 15) is 5.11 Å². The van der Waals surface area contributed by atoms with Crippen molar-refractivity contribution < 1.29 is 24.9 Å². The van der Waals surface area contributed by atoms with Crippen molar-refractivity contribution in [3.05, 3.63) is 42.0 Å². The largest absolute Gasteiger partial charge is 0.508 e. The van der Waals surface area contributed by atoms with Crippen molar-refractivity contribution in [1.29, 1.82) is 0 Å². The smallest absolute Gasteiger partial charge is 0.290 e. The lowest BCUT2D eigenvalue weighted by molar-refractivity contribution is -0.123. The number of hydrogen-bond donors (Lipinski definition) is 3. The molecule has 0 aromatic heterocycles. The van der Waals surface area contributed by atoms with E-state index in [1.807, 2.05) is 24.3 Å². The summed E-state index contributed by atoms with van der Waals surface area (Å²) in [5.74, 6) is 2.87. The Morgan fingerprint density at radius 1 is 1.05 bits per heavy atom. The molecule has 0 aliphatic carbocycles. The van der Waals surface area contributed by atoms with Crippen molar-refractivity contribution in [2.45, 2.75) is 0 Å². The highest BCUT2D eigenvalue weighted by molar-refractivity contribution is 5.89. The molecule has 2 rings (SSSR count). The zero-order valence-corrected chi connectivity index (χ0v) is 9.85. The maximum atomic E-state index is 9.24. The molecule has 0 aliphatic rings. The van der Waals surface area contributed by atoms with Gasteiger partial charge in [0.1, 0.15) is 5.75 Å². The molecule has 3 N–H and O–H groups in total. The van der Waals surface area contributed by atoms with E-state index in [-0.39, 0.29) is 18.7 Å². The van der Waals surface area contributed by atoms with Crippen LogP contribution in [0.2, 0.25) is 0 Å². The number of rotatable bonds is 0. The van der Waals surface area contributed by atoms with Crippen molar-refractivity contribution >= 4 is 23.7 Å². The summed E-state index contributed by atoms with van der Waals surface area (Å²) in [6.07, 6.45) is 5.34. The Bertz CT molecular complexity index is 578. The third-order valence-electron chi connectivity index (χ3n) is 2.02. The van der Waals surface area contributed by atoms with Crippen LogP contribution in [0.3, 0.4) is 0 Å². The number of terminal acetylenes is 1. The molecule has 0 saturated heterocycles. The van der Waals surface area contributed by atoms with E-state index in [2.05, 4.69) is 5.92 Å². The molecule has 0 amide bonds. The first-order valence-corrected chi connectivity index (χ1v) is 4.98. The van der Waals surface area contributed by atoms with Gasteiger partial charge in [-0.1, -0.05) is 18.1 Å². The molecule has 5 heteroatoms. The number of carboxylic acid groups (broad SMARTS) is 2. The minimum Gasteiger partial charge on any atom is -0.508 e. The first-order chi connectivity index (χ1) is 9.14. The van der Waals surface area contributed by atoms with Crippen molar-refractivity contribution in [2.24, 2.45) is 0 Å². The number of phenolic OH excluding ortho intramolecular Hbond substituents is 1. The van der Waals surface area contributed by atoms with Crippen molar-refractivity contribution in [1.82, 2.24) is 0 Å². The van der Waals surface area contributed by atoms with Crippen LogP contribution in [0.5, 0.6) is 5.75 Å². The fraction of sp³-hybridized carbons (Fsp3) is 0. The van der Waals surface area contributed by atoms with Gasteiger partial charge in [0, 0.05) is 5.56 Å². The second-order valence-corrected chi connectivity index (χ2v) is 3.07. The molecule has 0 aliphatic heterocycles. The van der Waals surface area contributed by atoms with Gasteiger partial charge in [0.05, 0.1) is 0 Å². The van der Waals surface area contributed by atoms with Gasteiger partial charge in [-0.2, -0.15) is 0 Å². The van der Waals surface area contributed by atoms with Crippen molar-refractivity contribution in [2.75, 3.05) is 0 Å². The van der Waals surface area contributed by atoms with Crippen LogP contribution < -0.4 is 0 Å². The molecular formula is C14H12O5. The van der Waals surface area contributed by atoms with E-state index in [4.69, 9.17) is 26.2 Å². The van der Waals surface area contributed by atoms with Gasteiger partial charge in [-0.05, 0) is 35.0 Å². The molecule has 0 bridgehead atoms. The van der Waals surface area contributed by atoms with Crippen LogP contribution in [0.15, 0.2) is 36.4 Å². The summed E-state index contributed by atoms with van der Waals surface area (Å²) in [4.78, 5) is 16.7. The molecule has 5 nitrogen and oxygen atoms in total. The third-order valence-corrected chi connectivity index (χ3v) is 2.02. The molecule has 98 valence electrons. The molecule has 0 fully saturated rings. The highest BCUT2D eigenvalue weighted by atomic mass is 16.3. The van der Waals surface area contributed by atoms with Crippen LogP contribution in [0.4, 0.5) is 0 Å². The van der Waals surface area contributed by atoms with Crippen LogP contribution in [0.1, 0.15) is 5.56 Å². The first kappa shape index (κ1) is 16.0. The maximum Gasteiger partial charge on any atom is 0.290 e. The van der Waals surface area contributed by atoms with Gasteiger partial charge in [0.25, 0.3) is 12.9 Å². The monoisotopic (exact) mass is 260 g/mol. The summed E-state index contributed by atoms with van der Waals surface area (Å²) < 4.78 is 0. The minimum atomic E-state index is -0.250. The molecule has 0 unspecified atom stereocenters. The fourth-order valence-corrected chi connectivity index (χ4v) is 1.40. The van der Waals surface area contributed by atoms with Gasteiger partial charge in [-0.3, -0.25) is 9.59 Å². The lowest BCUT2D eigenvalue weighted by Gasteiger charge is -2.00. The Morgan fingerprint density at radius 2 is 1.63 bits per heavy atom. The van der Waals surface area contributed by atoms with Gasteiger partial charge in [0.15, 0.2) is 0 Å². The maximum absolute atomic E-state index is 9.24. The normalized spacial score (nSPS) is 7.95. The van der Waals surface area contributed by atoms with E-state index < -0.39 is 0 Å². The van der Waals surface area contributed by atoms with Crippen LogP contribution in [-0.4, -0.2) is 28.3 Å². The van der Waals surface area contributed by atoms with E-state index in [1.54, 1.807) is 12.1 Å². The Morgan fingerprint density at radius 3 is 2.16 bits per heavy atom. The molecule has 0 radical (unpaired) electrons. The number of phenols is 1. The van der Waals surface area contributed by atoms with Gasteiger partial charge in [-0.15, -0.1) is 6.42 Å². The Balaban J connectivity index is 0.000000465. The molecular weight excluding hydrogens is 248 g/mol. The Kier molecular flexibility index (Phi) is 7.64. The van der Waals surface area contributed by atoms with E-state index in [0.717, 1.165) is 16.3 Å². The number of aromatic hydroxyl groups is 1. The van der Waals surface area contributed by atoms with Crippen LogP contribution >= 0.6 is 0 Å². The summed E-state index contributed by atoms with van der Waals surface area (Å²) >= 11 is 0. The molecule has 0 saturated carbocycles. The quantitative estimate of drug-likeness (QED) is 0.497. The topological polar surface area (TPSA) is 94.8 Å². The average molecular weight is 260 g/mol. The molecule has 0 atom stereocenters. The van der Waals surface area contributed by atoms with Crippen LogP contribution in [-0.2, 0) is 9.59 Å². The highest BCUT2D eigenvalue weighted by Crippen LogP contribution is 2.22. The van der Waals surface area contributed by atoms with Crippen LogP contribution in [0.25, 0.3) is 10.8 Å². The summed E-state index contributed by atoms with van der Waals surface area (Å²) in [6, 6.07) is 10.9. The molecule has 0 spiro atoms. The summed E-state index contributed by atoms with van der Waals surface area (Å²) in [5, 5.41) is 25.0. The fourth-order valence-electron chi connectivity index (χ4n) is 1.40. The number of hydrogen-bond acceptors (Lipinski definition) is 3. The van der Waals surface area contributed by atoms with E-state index in [1.165, 1.54) is 0 Å². The highest BCUT2D eigenvalue weighted by Gasteiger charge is 1.98. The summed E-state index contributed by atoms with van der Waals surface area (Å²) in [5.41, 5.74) is 0.859. The summed E-state index contributed by atoms with van der Waals surface area (Å²) in [7, 11) is 0. The lowest BCUT2D eigenvalue weighted by atomic mass is 10.1. The lowest BCUT2D eigenvalue weighted by Crippen LogP contribution is -1.78. The molecule has 2 aromatic carbocycles. The number of fused-ring (bicyclic) bond motifs is 1. The second kappa shape index (κ2) is 9.07. The van der Waals surface area contributed by atoms with Crippen molar-refractivity contribution in [3.8, 4) is 18.1 Å². The molecule has 2 aromatic rings. The molecule has 0 heterocycles. The molecule has 19 heavy (non-hydrogen) atoms. The zero-order valence-electron chi connectivity index (χ0n) is 9.85. The summed E-state index contributed by atoms with van der Waals surface area (Å²) in [6.45, 7) is -0.500. The predicted octanol–water partition coefficient (Wildman–Crippen LogP) is 1.93. The van der Waals surface area contributed by atoms with Crippen molar-refractivity contribution in [3.63, 3.8) is 0 Å². The third kappa shape index (κ3) is 5.24. The first-order valence-electron chi connectivity index (χ1n) is 4.98. The van der Waals surface area contributed by atoms with E-state index in [0.29, 0.717) is 0 Å². The van der Waals surface area contributed by atoms with Gasteiger partial charge >= 0.3 is 0 Å². The predicted molar refractivity (Wildman–Crippen MR) is 70.9 cm³/mol. The number of carbonyl (C=O) groups is 2. The van der Waals surface area contributed by atoms with Gasteiger partial charge in [-0.25, -0.2) is 0 Å². The minimum absolute atomic E-state index is 0.250. The zero-order chi connectivity index (χ0) is 14.7. The standard InChI is InChI=1S/C12H8O.2CH2O2/c1-2-9-4-3-5-10-8-11(13)6-7-12(9)10;2*2-1-3/h1,3-8,13H;2*1H,(H,2,3). The average Bonchev–Trinajstić information content (AvgIpc) is 2.39. The Hall–Kier alpha value is -3.00. The van der Waals surface area contributed by atoms with Crippen LogP contribution in [0, 0.1) is 12.3 Å². The second-order valence-electron chi connectivity index (χ2n) is 3.07. The van der Waals surface area contributed by atoms with E-state index >= 15 is 0 Å². The number of benzene rings is 2. The SMILES string of the molecule is C#Cc1cccc2cc(O)ccc12.O=CO.O=CO.